The highest BCUT2D eigenvalue weighted by Crippen LogP contribution is 2.27. The lowest BCUT2D eigenvalue weighted by Crippen LogP contribution is -2.04. The summed E-state index contributed by atoms with van der Waals surface area (Å²) < 4.78 is 25.6. The third kappa shape index (κ3) is 4.23. The highest BCUT2D eigenvalue weighted by Gasteiger charge is 2.19. The van der Waals surface area contributed by atoms with Gasteiger partial charge in [-0.25, -0.2) is 13.4 Å². The number of hydrogen-bond donors (Lipinski definition) is 1. The number of halogens is 2. The fourth-order valence-corrected chi connectivity index (χ4v) is 5.03. The summed E-state index contributed by atoms with van der Waals surface area (Å²) in [5.41, 5.74) is 1.99. The lowest BCUT2D eigenvalue weighted by molar-refractivity contribution is 0.0982. The molecular weight excluding hydrogens is 445 g/mol. The quantitative estimate of drug-likeness (QED) is 0.413. The van der Waals surface area contributed by atoms with E-state index in [0.29, 0.717) is 17.6 Å². The molecule has 6 nitrogen and oxygen atoms in total. The molecule has 2 aromatic heterocycles. The summed E-state index contributed by atoms with van der Waals surface area (Å²) >= 11 is 11.9. The topological polar surface area (TPSA) is 92.8 Å². The fourth-order valence-electron chi connectivity index (χ4n) is 3.05. The molecule has 0 aliphatic rings. The molecule has 2 aromatic carbocycles. The molecule has 30 heavy (non-hydrogen) atoms. The molecule has 0 fully saturated rings. The van der Waals surface area contributed by atoms with E-state index in [0.717, 1.165) is 10.9 Å². The summed E-state index contributed by atoms with van der Waals surface area (Å²) in [4.78, 5) is 16.8. The normalized spacial score (nSPS) is 11.7. The Kier molecular flexibility index (Phi) is 5.60. The SMILES string of the molecule is O=C(CCc1ccc(S(=O)(=O)c2cc(Cl)cc(Cl)c2)cc1)c1cnc2[nH]ncc2c1. The zero-order valence-electron chi connectivity index (χ0n) is 15.5. The number of fused-ring (bicyclic) bond motifs is 1. The number of hydrogen-bond acceptors (Lipinski definition) is 5. The van der Waals surface area contributed by atoms with E-state index < -0.39 is 9.84 Å². The van der Waals surface area contributed by atoms with Crippen LogP contribution in [-0.2, 0) is 16.3 Å². The van der Waals surface area contributed by atoms with Crippen molar-refractivity contribution in [2.75, 3.05) is 0 Å². The highest BCUT2D eigenvalue weighted by atomic mass is 35.5. The van der Waals surface area contributed by atoms with E-state index in [-0.39, 0.29) is 32.0 Å². The van der Waals surface area contributed by atoms with Gasteiger partial charge in [0, 0.05) is 33.6 Å². The summed E-state index contributed by atoms with van der Waals surface area (Å²) in [6.07, 6.45) is 3.90. The van der Waals surface area contributed by atoms with Gasteiger partial charge in [-0.1, -0.05) is 35.3 Å². The number of H-pyrrole nitrogens is 1. The molecule has 2 heterocycles. The lowest BCUT2D eigenvalue weighted by atomic mass is 10.0. The summed E-state index contributed by atoms with van der Waals surface area (Å²) in [6.45, 7) is 0. The number of nitrogens with one attached hydrogen (secondary N) is 1. The third-order valence-electron chi connectivity index (χ3n) is 4.63. The minimum atomic E-state index is -3.74. The molecular formula is C21H15Cl2N3O3S. The molecule has 0 aliphatic carbocycles. The third-order valence-corrected chi connectivity index (χ3v) is 6.82. The minimum absolute atomic E-state index is 0.0325. The standard InChI is InChI=1S/C21H15Cl2N3O3S/c22-16-8-17(23)10-19(9-16)30(28,29)18-4-1-13(2-5-18)3-6-20(27)14-7-15-12-25-26-21(15)24-11-14/h1-2,4-5,7-12H,3,6H2,(H,24,25,26). The van der Waals surface area contributed by atoms with Gasteiger partial charge in [-0.15, -0.1) is 0 Å². The van der Waals surface area contributed by atoms with E-state index in [4.69, 9.17) is 23.2 Å². The number of rotatable bonds is 6. The largest absolute Gasteiger partial charge is 0.294 e. The Labute approximate surface area is 182 Å². The number of carbonyl (C=O) groups excluding carboxylic acids is 1. The Morgan fingerprint density at radius 1 is 0.933 bits per heavy atom. The van der Waals surface area contributed by atoms with Crippen molar-refractivity contribution in [3.63, 3.8) is 0 Å². The molecule has 4 rings (SSSR count). The maximum Gasteiger partial charge on any atom is 0.206 e. The average Bonchev–Trinajstić information content (AvgIpc) is 3.19. The van der Waals surface area contributed by atoms with Gasteiger partial charge in [0.15, 0.2) is 11.4 Å². The number of ketones is 1. The predicted molar refractivity (Wildman–Crippen MR) is 115 cm³/mol. The fraction of sp³-hybridized carbons (Fsp3) is 0.0952. The van der Waals surface area contributed by atoms with Crippen LogP contribution in [0.1, 0.15) is 22.3 Å². The molecule has 152 valence electrons. The Morgan fingerprint density at radius 2 is 1.63 bits per heavy atom. The first-order valence-corrected chi connectivity index (χ1v) is 11.2. The predicted octanol–water partition coefficient (Wildman–Crippen LogP) is 4.91. The van der Waals surface area contributed by atoms with Gasteiger partial charge in [-0.3, -0.25) is 9.89 Å². The number of sulfone groups is 1. The van der Waals surface area contributed by atoms with Crippen molar-refractivity contribution in [1.82, 2.24) is 15.2 Å². The minimum Gasteiger partial charge on any atom is -0.294 e. The first-order valence-electron chi connectivity index (χ1n) is 8.95. The Bertz CT molecular complexity index is 1330. The van der Waals surface area contributed by atoms with Gasteiger partial charge in [-0.2, -0.15) is 5.10 Å². The van der Waals surface area contributed by atoms with Crippen LogP contribution in [0.15, 0.2) is 70.7 Å². The second kappa shape index (κ2) is 8.18. The number of pyridine rings is 1. The van der Waals surface area contributed by atoms with E-state index >= 15 is 0 Å². The van der Waals surface area contributed by atoms with Crippen LogP contribution in [0.4, 0.5) is 0 Å². The van der Waals surface area contributed by atoms with Crippen LogP contribution in [0.5, 0.6) is 0 Å². The van der Waals surface area contributed by atoms with Crippen molar-refractivity contribution >= 4 is 49.9 Å². The zero-order chi connectivity index (χ0) is 21.3. The lowest BCUT2D eigenvalue weighted by Gasteiger charge is -2.07. The van der Waals surface area contributed by atoms with Crippen molar-refractivity contribution < 1.29 is 13.2 Å². The molecule has 0 bridgehead atoms. The first kappa shape index (κ1) is 20.5. The average molecular weight is 460 g/mol. The van der Waals surface area contributed by atoms with Crippen LogP contribution in [-0.4, -0.2) is 29.4 Å². The van der Waals surface area contributed by atoms with Crippen LogP contribution in [0, 0.1) is 0 Å². The van der Waals surface area contributed by atoms with Crippen molar-refractivity contribution in [2.24, 2.45) is 0 Å². The van der Waals surface area contributed by atoms with Crippen LogP contribution >= 0.6 is 23.2 Å². The molecule has 0 atom stereocenters. The molecule has 4 aromatic rings. The molecule has 0 saturated carbocycles. The molecule has 0 spiro atoms. The van der Waals surface area contributed by atoms with E-state index in [1.807, 2.05) is 0 Å². The molecule has 1 N–H and O–H groups in total. The Balaban J connectivity index is 1.47. The number of nitrogens with zero attached hydrogens (tertiary/aromatic N) is 2. The number of aromatic nitrogens is 3. The van der Waals surface area contributed by atoms with Crippen molar-refractivity contribution in [2.45, 2.75) is 22.6 Å². The Hall–Kier alpha value is -2.74. The van der Waals surface area contributed by atoms with E-state index in [1.165, 1.54) is 36.5 Å². The maximum absolute atomic E-state index is 12.8. The molecule has 0 unspecified atom stereocenters. The van der Waals surface area contributed by atoms with Crippen molar-refractivity contribution in [3.05, 3.63) is 82.1 Å². The Morgan fingerprint density at radius 3 is 2.33 bits per heavy atom. The van der Waals surface area contributed by atoms with Crippen LogP contribution in [0.2, 0.25) is 10.0 Å². The molecule has 0 saturated heterocycles. The molecule has 0 aliphatic heterocycles. The summed E-state index contributed by atoms with van der Waals surface area (Å²) in [5.74, 6) is -0.0455. The van der Waals surface area contributed by atoms with Crippen molar-refractivity contribution in [1.29, 1.82) is 0 Å². The second-order valence-electron chi connectivity index (χ2n) is 6.71. The van der Waals surface area contributed by atoms with Gasteiger partial charge in [-0.05, 0) is 48.4 Å². The second-order valence-corrected chi connectivity index (χ2v) is 9.53. The summed E-state index contributed by atoms with van der Waals surface area (Å²) in [6, 6.07) is 12.4. The summed E-state index contributed by atoms with van der Waals surface area (Å²) in [5, 5.41) is 7.91. The number of Topliss-reactive ketones (excluding diaryl/α,β-unsaturated/α-hetero) is 1. The number of aromatic amines is 1. The molecule has 0 amide bonds. The van der Waals surface area contributed by atoms with Gasteiger partial charge in [0.05, 0.1) is 16.0 Å². The van der Waals surface area contributed by atoms with Gasteiger partial charge >= 0.3 is 0 Å². The van der Waals surface area contributed by atoms with Crippen LogP contribution in [0.3, 0.4) is 0 Å². The van der Waals surface area contributed by atoms with E-state index in [9.17, 15) is 13.2 Å². The smallest absolute Gasteiger partial charge is 0.206 e. The van der Waals surface area contributed by atoms with Gasteiger partial charge < -0.3 is 0 Å². The van der Waals surface area contributed by atoms with E-state index in [2.05, 4.69) is 15.2 Å². The first-order chi connectivity index (χ1) is 14.3. The maximum atomic E-state index is 12.8. The van der Waals surface area contributed by atoms with Crippen molar-refractivity contribution in [3.8, 4) is 0 Å². The van der Waals surface area contributed by atoms with Gasteiger partial charge in [0.25, 0.3) is 0 Å². The molecule has 0 radical (unpaired) electrons. The summed E-state index contributed by atoms with van der Waals surface area (Å²) in [7, 11) is -3.74. The zero-order valence-corrected chi connectivity index (χ0v) is 17.8. The van der Waals surface area contributed by atoms with Gasteiger partial charge in [0.2, 0.25) is 9.84 Å². The van der Waals surface area contributed by atoms with Crippen LogP contribution in [0.25, 0.3) is 11.0 Å². The molecule has 9 heteroatoms. The number of aryl methyl sites for hydroxylation is 1. The number of carbonyl (C=O) groups is 1. The highest BCUT2D eigenvalue weighted by molar-refractivity contribution is 7.91. The monoisotopic (exact) mass is 459 g/mol. The number of benzene rings is 2. The van der Waals surface area contributed by atoms with Crippen LogP contribution < -0.4 is 0 Å². The van der Waals surface area contributed by atoms with E-state index in [1.54, 1.807) is 24.4 Å². The van der Waals surface area contributed by atoms with Gasteiger partial charge in [0.1, 0.15) is 0 Å².